The van der Waals surface area contributed by atoms with Crippen molar-refractivity contribution in [1.29, 1.82) is 0 Å². The van der Waals surface area contributed by atoms with Crippen LogP contribution in [0, 0.1) is 5.92 Å². The van der Waals surface area contributed by atoms with Gasteiger partial charge in [0.15, 0.2) is 0 Å². The minimum absolute atomic E-state index is 0.899. The topological polar surface area (TPSA) is 6.48 Å². The molecule has 0 radical (unpaired) electrons. The van der Waals surface area contributed by atoms with Crippen LogP contribution in [0.15, 0.2) is 0 Å². The van der Waals surface area contributed by atoms with Crippen LogP contribution >= 0.6 is 0 Å². The van der Waals surface area contributed by atoms with Crippen molar-refractivity contribution < 1.29 is 0 Å². The summed E-state index contributed by atoms with van der Waals surface area (Å²) in [5, 5.41) is 0. The predicted molar refractivity (Wildman–Crippen MR) is 65.1 cm³/mol. The van der Waals surface area contributed by atoms with Gasteiger partial charge in [-0.05, 0) is 58.3 Å². The summed E-state index contributed by atoms with van der Waals surface area (Å²) in [6.07, 6.45) is 7.08. The van der Waals surface area contributed by atoms with Gasteiger partial charge >= 0.3 is 0 Å². The largest absolute Gasteiger partial charge is 0.306 e. The van der Waals surface area contributed by atoms with E-state index < -0.39 is 0 Å². The lowest BCUT2D eigenvalue weighted by molar-refractivity contribution is 0.0778. The van der Waals surface area contributed by atoms with Gasteiger partial charge in [-0.25, -0.2) is 0 Å². The maximum absolute atomic E-state index is 2.78. The predicted octanol–water partition coefficient (Wildman–Crippen LogP) is 2.20. The van der Waals surface area contributed by atoms with Crippen molar-refractivity contribution in [3.05, 3.63) is 0 Å². The molecule has 0 unspecified atom stereocenters. The van der Waals surface area contributed by atoms with Gasteiger partial charge in [0.25, 0.3) is 0 Å². The first kappa shape index (κ1) is 11.4. The van der Waals surface area contributed by atoms with Crippen LogP contribution in [0.2, 0.25) is 0 Å². The summed E-state index contributed by atoms with van der Waals surface area (Å²) in [6.45, 7) is 7.70. The summed E-state index contributed by atoms with van der Waals surface area (Å²) < 4.78 is 0. The second-order valence-corrected chi connectivity index (χ2v) is 5.45. The quantitative estimate of drug-likeness (QED) is 0.689. The van der Waals surface area contributed by atoms with Gasteiger partial charge in [-0.3, -0.25) is 0 Å². The van der Waals surface area contributed by atoms with E-state index in [-0.39, 0.29) is 0 Å². The van der Waals surface area contributed by atoms with Gasteiger partial charge in [-0.1, -0.05) is 13.3 Å². The lowest BCUT2D eigenvalue weighted by atomic mass is 9.92. The maximum Gasteiger partial charge on any atom is 0.0120 e. The molecule has 2 aliphatic heterocycles. The SMILES string of the molecule is CC[C@@H]1CCCN(C2CCN(C)CC2)C1. The molecule has 0 spiro atoms. The lowest BCUT2D eigenvalue weighted by Gasteiger charge is -2.41. The minimum Gasteiger partial charge on any atom is -0.306 e. The van der Waals surface area contributed by atoms with Crippen molar-refractivity contribution in [2.24, 2.45) is 5.92 Å². The zero-order valence-corrected chi connectivity index (χ0v) is 10.4. The monoisotopic (exact) mass is 210 g/mol. The molecule has 2 fully saturated rings. The Balaban J connectivity index is 1.82. The van der Waals surface area contributed by atoms with Gasteiger partial charge in [0.2, 0.25) is 0 Å². The zero-order chi connectivity index (χ0) is 10.7. The van der Waals surface area contributed by atoms with Crippen LogP contribution in [0.25, 0.3) is 0 Å². The molecule has 0 saturated carbocycles. The highest BCUT2D eigenvalue weighted by Gasteiger charge is 2.27. The molecule has 0 amide bonds. The molecular weight excluding hydrogens is 184 g/mol. The zero-order valence-electron chi connectivity index (χ0n) is 10.4. The number of nitrogens with zero attached hydrogens (tertiary/aromatic N) is 2. The van der Waals surface area contributed by atoms with Gasteiger partial charge in [0.05, 0.1) is 0 Å². The molecule has 2 aliphatic rings. The Hall–Kier alpha value is -0.0800. The molecule has 2 saturated heterocycles. The van der Waals surface area contributed by atoms with Gasteiger partial charge in [-0.15, -0.1) is 0 Å². The summed E-state index contributed by atoms with van der Waals surface area (Å²) in [6, 6.07) is 0.899. The Morgan fingerprint density at radius 1 is 1.07 bits per heavy atom. The Morgan fingerprint density at radius 2 is 1.80 bits per heavy atom. The van der Waals surface area contributed by atoms with Gasteiger partial charge in [0.1, 0.15) is 0 Å². The molecular formula is C13H26N2. The molecule has 2 heteroatoms. The number of hydrogen-bond acceptors (Lipinski definition) is 2. The van der Waals surface area contributed by atoms with E-state index in [9.17, 15) is 0 Å². The Morgan fingerprint density at radius 3 is 2.47 bits per heavy atom. The Bertz CT molecular complexity index is 185. The Labute approximate surface area is 94.6 Å². The van der Waals surface area contributed by atoms with Crippen LogP contribution in [-0.2, 0) is 0 Å². The smallest absolute Gasteiger partial charge is 0.0120 e. The van der Waals surface area contributed by atoms with Crippen LogP contribution in [0.1, 0.15) is 39.0 Å². The first-order valence-electron chi connectivity index (χ1n) is 6.72. The van der Waals surface area contributed by atoms with Crippen molar-refractivity contribution >= 4 is 0 Å². The van der Waals surface area contributed by atoms with Gasteiger partial charge < -0.3 is 9.80 Å². The summed E-state index contributed by atoms with van der Waals surface area (Å²) in [5.74, 6) is 0.985. The van der Waals surface area contributed by atoms with E-state index in [4.69, 9.17) is 0 Å². The van der Waals surface area contributed by atoms with E-state index in [0.29, 0.717) is 0 Å². The van der Waals surface area contributed by atoms with E-state index in [1.807, 2.05) is 0 Å². The highest BCUT2D eigenvalue weighted by atomic mass is 15.2. The number of piperidine rings is 2. The third-order valence-corrected chi connectivity index (χ3v) is 4.33. The average molecular weight is 210 g/mol. The first-order chi connectivity index (χ1) is 7.29. The van der Waals surface area contributed by atoms with E-state index in [1.165, 1.54) is 58.3 Å². The fourth-order valence-corrected chi connectivity index (χ4v) is 3.12. The molecule has 0 N–H and O–H groups in total. The number of hydrogen-bond donors (Lipinski definition) is 0. The third kappa shape index (κ3) is 2.94. The van der Waals surface area contributed by atoms with E-state index in [0.717, 1.165) is 12.0 Å². The van der Waals surface area contributed by atoms with Crippen LogP contribution in [0.3, 0.4) is 0 Å². The van der Waals surface area contributed by atoms with Crippen molar-refractivity contribution in [2.75, 3.05) is 33.2 Å². The molecule has 2 heterocycles. The molecule has 88 valence electrons. The summed E-state index contributed by atoms with van der Waals surface area (Å²) in [7, 11) is 2.25. The summed E-state index contributed by atoms with van der Waals surface area (Å²) in [5.41, 5.74) is 0. The van der Waals surface area contributed by atoms with Crippen LogP contribution < -0.4 is 0 Å². The fraction of sp³-hybridized carbons (Fsp3) is 1.00. The van der Waals surface area contributed by atoms with Crippen molar-refractivity contribution in [3.8, 4) is 0 Å². The summed E-state index contributed by atoms with van der Waals surface area (Å²) in [4.78, 5) is 5.25. The molecule has 2 rings (SSSR count). The molecule has 0 aliphatic carbocycles. The van der Waals surface area contributed by atoms with Gasteiger partial charge in [-0.2, -0.15) is 0 Å². The Kier molecular flexibility index (Phi) is 4.04. The summed E-state index contributed by atoms with van der Waals surface area (Å²) >= 11 is 0. The van der Waals surface area contributed by atoms with E-state index >= 15 is 0 Å². The molecule has 1 atom stereocenters. The van der Waals surface area contributed by atoms with E-state index in [1.54, 1.807) is 0 Å². The van der Waals surface area contributed by atoms with Crippen LogP contribution in [0.5, 0.6) is 0 Å². The third-order valence-electron chi connectivity index (χ3n) is 4.33. The first-order valence-corrected chi connectivity index (χ1v) is 6.72. The van der Waals surface area contributed by atoms with Crippen LogP contribution in [0.4, 0.5) is 0 Å². The maximum atomic E-state index is 2.78. The van der Waals surface area contributed by atoms with E-state index in [2.05, 4.69) is 23.8 Å². The van der Waals surface area contributed by atoms with Gasteiger partial charge in [0, 0.05) is 12.6 Å². The normalized spacial score (nSPS) is 32.0. The molecule has 0 aromatic rings. The minimum atomic E-state index is 0.899. The molecule has 15 heavy (non-hydrogen) atoms. The average Bonchev–Trinajstić information content (AvgIpc) is 2.30. The second-order valence-electron chi connectivity index (χ2n) is 5.45. The number of likely N-dealkylation sites (tertiary alicyclic amines) is 2. The van der Waals surface area contributed by atoms with Crippen molar-refractivity contribution in [3.63, 3.8) is 0 Å². The standard InChI is InChI=1S/C13H26N2/c1-3-12-5-4-8-15(11-12)13-6-9-14(2)10-7-13/h12-13H,3-11H2,1-2H3/t12-/m1/s1. The molecule has 0 aromatic heterocycles. The molecule has 2 nitrogen and oxygen atoms in total. The number of rotatable bonds is 2. The van der Waals surface area contributed by atoms with Crippen LogP contribution in [-0.4, -0.2) is 49.1 Å². The van der Waals surface area contributed by atoms with Crippen molar-refractivity contribution in [2.45, 2.75) is 45.1 Å². The fourth-order valence-electron chi connectivity index (χ4n) is 3.12. The lowest BCUT2D eigenvalue weighted by Crippen LogP contribution is -2.47. The van der Waals surface area contributed by atoms with Crippen molar-refractivity contribution in [1.82, 2.24) is 9.80 Å². The second kappa shape index (κ2) is 5.31. The highest BCUT2D eigenvalue weighted by Crippen LogP contribution is 2.24. The molecule has 0 aromatic carbocycles. The molecule has 0 bridgehead atoms. The highest BCUT2D eigenvalue weighted by molar-refractivity contribution is 4.82.